The van der Waals surface area contributed by atoms with Crippen LogP contribution in [0.4, 0.5) is 0 Å². The molecule has 0 saturated heterocycles. The number of benzene rings is 1. The SMILES string of the molecule is [2H]N([2H])[C@H](C(=O)O)C([2H])([2H])c1ccc(O)c(O)c1. The summed E-state index contributed by atoms with van der Waals surface area (Å²) >= 11 is 0. The van der Waals surface area contributed by atoms with Crippen LogP contribution in [0.25, 0.3) is 0 Å². The van der Waals surface area contributed by atoms with Crippen molar-refractivity contribution in [3.05, 3.63) is 23.8 Å². The number of carbonyl (C=O) groups is 1. The standard InChI is InChI=1S/C9H11NO4/c10-6(9(13)14)3-5-1-2-7(11)8(12)4-5/h1-2,4,6,11-12H,3,10H2,(H,13,14)/t6-/m0/s1/i3D2/hD2. The van der Waals surface area contributed by atoms with E-state index < -0.39 is 29.9 Å². The molecule has 14 heavy (non-hydrogen) atoms. The number of hydrogen-bond acceptors (Lipinski definition) is 4. The molecule has 5 heteroatoms. The van der Waals surface area contributed by atoms with Gasteiger partial charge in [0.15, 0.2) is 11.5 Å². The van der Waals surface area contributed by atoms with E-state index in [0.717, 1.165) is 18.2 Å². The molecular formula is C9H11NO4. The van der Waals surface area contributed by atoms with Gasteiger partial charge in [0.05, 0.1) is 0 Å². The maximum absolute atomic E-state index is 10.9. The van der Waals surface area contributed by atoms with Crippen LogP contribution in [-0.2, 0) is 11.2 Å². The molecule has 5 N–H and O–H groups in total. The van der Waals surface area contributed by atoms with Crippen molar-refractivity contribution in [1.82, 2.24) is 0 Å². The van der Waals surface area contributed by atoms with Crippen molar-refractivity contribution < 1.29 is 25.7 Å². The van der Waals surface area contributed by atoms with Crippen molar-refractivity contribution in [3.63, 3.8) is 0 Å². The number of nitrogens with two attached hydrogens (primary N) is 1. The van der Waals surface area contributed by atoms with E-state index in [0.29, 0.717) is 0 Å². The fourth-order valence-corrected chi connectivity index (χ4v) is 0.833. The summed E-state index contributed by atoms with van der Waals surface area (Å²) in [5.41, 5.74) is -0.513. The molecular weight excluding hydrogens is 186 g/mol. The molecule has 0 radical (unpaired) electrons. The summed E-state index contributed by atoms with van der Waals surface area (Å²) in [7, 11) is 0. The zero-order chi connectivity index (χ0) is 14.1. The molecule has 5 nitrogen and oxygen atoms in total. The second-order valence-electron chi connectivity index (χ2n) is 2.59. The maximum atomic E-state index is 10.9. The topological polar surface area (TPSA) is 104 Å². The van der Waals surface area contributed by atoms with Crippen molar-refractivity contribution in [2.24, 2.45) is 5.72 Å². The Morgan fingerprint density at radius 2 is 2.29 bits per heavy atom. The van der Waals surface area contributed by atoms with Gasteiger partial charge in [-0.3, -0.25) is 4.79 Å². The van der Waals surface area contributed by atoms with Gasteiger partial charge in [-0.25, -0.2) is 0 Å². The lowest BCUT2D eigenvalue weighted by atomic mass is 10.1. The number of aromatic hydroxyl groups is 2. The highest BCUT2D eigenvalue weighted by Gasteiger charge is 2.12. The molecule has 0 aliphatic heterocycles. The lowest BCUT2D eigenvalue weighted by molar-refractivity contribution is -0.138. The smallest absolute Gasteiger partial charge is 0.320 e. The highest BCUT2D eigenvalue weighted by Crippen LogP contribution is 2.25. The first-order valence-electron chi connectivity index (χ1n) is 5.59. The largest absolute Gasteiger partial charge is 0.504 e. The predicted molar refractivity (Wildman–Crippen MR) is 49.1 cm³/mol. The average Bonchev–Trinajstić information content (AvgIpc) is 2.19. The van der Waals surface area contributed by atoms with Crippen LogP contribution < -0.4 is 5.72 Å². The highest BCUT2D eigenvalue weighted by atomic mass is 16.4. The number of phenols is 2. The number of aliphatic carboxylic acids is 1. The molecule has 0 amide bonds. The van der Waals surface area contributed by atoms with E-state index in [1.807, 2.05) is 0 Å². The highest BCUT2D eigenvalue weighted by molar-refractivity contribution is 5.73. The number of carboxylic acid groups (broad SMARTS) is 1. The molecule has 0 spiro atoms. The van der Waals surface area contributed by atoms with Crippen molar-refractivity contribution in [1.29, 1.82) is 0 Å². The first-order chi connectivity index (χ1) is 8.17. The number of phenolic OH excluding ortho intramolecular Hbond substituents is 2. The van der Waals surface area contributed by atoms with Crippen LogP contribution in [0.2, 0.25) is 2.82 Å². The van der Waals surface area contributed by atoms with Crippen LogP contribution >= 0.6 is 0 Å². The van der Waals surface area contributed by atoms with Gasteiger partial charge in [0, 0.05) is 2.74 Å². The van der Waals surface area contributed by atoms with Crippen LogP contribution in [0.3, 0.4) is 0 Å². The van der Waals surface area contributed by atoms with Gasteiger partial charge in [-0.2, -0.15) is 0 Å². The Morgan fingerprint density at radius 3 is 2.79 bits per heavy atom. The van der Waals surface area contributed by atoms with Gasteiger partial charge in [-0.15, -0.1) is 0 Å². The van der Waals surface area contributed by atoms with E-state index in [-0.39, 0.29) is 11.3 Å². The average molecular weight is 201 g/mol. The van der Waals surface area contributed by atoms with Crippen LogP contribution in [-0.4, -0.2) is 27.3 Å². The van der Waals surface area contributed by atoms with Gasteiger partial charge in [-0.1, -0.05) is 6.07 Å². The van der Waals surface area contributed by atoms with Crippen molar-refractivity contribution in [2.75, 3.05) is 0 Å². The van der Waals surface area contributed by atoms with Gasteiger partial charge < -0.3 is 21.0 Å². The minimum absolute atomic E-state index is 0.255. The van der Waals surface area contributed by atoms with Gasteiger partial charge in [0.2, 0.25) is 0 Å². The second kappa shape index (κ2) is 3.97. The molecule has 0 unspecified atom stereocenters. The lowest BCUT2D eigenvalue weighted by Gasteiger charge is -2.06. The van der Waals surface area contributed by atoms with E-state index in [9.17, 15) is 9.90 Å². The summed E-state index contributed by atoms with van der Waals surface area (Å²) < 4.78 is 29.2. The molecule has 1 rings (SSSR count). The van der Waals surface area contributed by atoms with Gasteiger partial charge >= 0.3 is 5.97 Å². The quantitative estimate of drug-likeness (QED) is 0.515. The molecule has 0 saturated carbocycles. The molecule has 0 aliphatic carbocycles. The van der Waals surface area contributed by atoms with Gasteiger partial charge in [-0.05, 0) is 24.1 Å². The van der Waals surface area contributed by atoms with E-state index in [4.69, 9.17) is 15.8 Å². The predicted octanol–water partition coefficient (Wildman–Crippen LogP) is 0.0522. The zero-order valence-electron chi connectivity index (χ0n) is 11.0. The molecule has 76 valence electrons. The summed E-state index contributed by atoms with van der Waals surface area (Å²) in [4.78, 5) is 10.9. The Kier molecular flexibility index (Phi) is 1.67. The van der Waals surface area contributed by atoms with E-state index >= 15 is 0 Å². The Balaban J connectivity index is 3.25. The summed E-state index contributed by atoms with van der Waals surface area (Å²) in [6, 6.07) is 0.865. The summed E-state index contributed by atoms with van der Waals surface area (Å²) in [5, 5.41) is 27.2. The molecule has 0 bridgehead atoms. The third kappa shape index (κ3) is 2.37. The third-order valence-corrected chi connectivity index (χ3v) is 1.51. The third-order valence-electron chi connectivity index (χ3n) is 1.51. The van der Waals surface area contributed by atoms with Crippen molar-refractivity contribution in [2.45, 2.75) is 12.4 Å². The molecule has 0 aliphatic rings. The number of carboxylic acids is 1. The molecule has 0 aromatic heterocycles. The van der Waals surface area contributed by atoms with E-state index in [2.05, 4.69) is 0 Å². The lowest BCUT2D eigenvalue weighted by Crippen LogP contribution is -2.32. The number of hydrogen-bond donors (Lipinski definition) is 4. The van der Waals surface area contributed by atoms with Gasteiger partial charge in [0.25, 0.3) is 0 Å². The maximum Gasteiger partial charge on any atom is 0.320 e. The minimum atomic E-state index is -2.58. The normalized spacial score (nSPS) is 17.8. The van der Waals surface area contributed by atoms with Crippen LogP contribution in [0, 0.1) is 0 Å². The Hall–Kier alpha value is -1.75. The second-order valence-corrected chi connectivity index (χ2v) is 2.59. The zero-order valence-corrected chi connectivity index (χ0v) is 7.01. The molecule has 0 fully saturated rings. The monoisotopic (exact) mass is 201 g/mol. The molecule has 1 aromatic rings. The first kappa shape index (κ1) is 5.87. The Labute approximate surface area is 86.1 Å². The fourth-order valence-electron chi connectivity index (χ4n) is 0.833. The van der Waals surface area contributed by atoms with Crippen molar-refractivity contribution >= 4 is 5.97 Å². The van der Waals surface area contributed by atoms with Crippen LogP contribution in [0.5, 0.6) is 11.5 Å². The molecule has 1 atom stereocenters. The van der Waals surface area contributed by atoms with Crippen molar-refractivity contribution in [3.8, 4) is 11.5 Å². The fraction of sp³-hybridized carbons (Fsp3) is 0.222. The number of rotatable bonds is 4. The van der Waals surface area contributed by atoms with E-state index in [1.54, 1.807) is 0 Å². The summed E-state index contributed by atoms with van der Waals surface area (Å²) in [6.45, 7) is 0. The summed E-state index contributed by atoms with van der Waals surface area (Å²) in [6.07, 6.45) is -2.58. The van der Waals surface area contributed by atoms with Crippen LogP contribution in [0.1, 0.15) is 8.30 Å². The van der Waals surface area contributed by atoms with Gasteiger partial charge in [0.1, 0.15) is 8.87 Å². The molecule has 1 aromatic carbocycles. The summed E-state index contributed by atoms with van der Waals surface area (Å²) in [5.74, 6) is -2.77. The van der Waals surface area contributed by atoms with E-state index in [1.165, 1.54) is 0 Å². The van der Waals surface area contributed by atoms with Crippen LogP contribution in [0.15, 0.2) is 18.2 Å². The Bertz CT molecular complexity index is 466. The minimum Gasteiger partial charge on any atom is -0.504 e. The first-order valence-corrected chi connectivity index (χ1v) is 3.70. The molecule has 0 heterocycles. The Morgan fingerprint density at radius 1 is 1.57 bits per heavy atom.